The minimum atomic E-state index is -0.505. The third kappa shape index (κ3) is 3.80. The summed E-state index contributed by atoms with van der Waals surface area (Å²) in [5, 5.41) is 9.85. The molecular formula is C23H23N5O4. The van der Waals surface area contributed by atoms with Gasteiger partial charge < -0.3 is 19.8 Å². The zero-order chi connectivity index (χ0) is 22.8. The van der Waals surface area contributed by atoms with Crippen molar-refractivity contribution in [2.75, 3.05) is 19.0 Å². The Hall–Kier alpha value is -4.14. The summed E-state index contributed by atoms with van der Waals surface area (Å²) in [6, 6.07) is 9.02. The minimum absolute atomic E-state index is 0.231. The van der Waals surface area contributed by atoms with Crippen LogP contribution in [0.4, 0.5) is 5.69 Å². The Morgan fingerprint density at radius 3 is 2.59 bits per heavy atom. The number of aryl methyl sites for hydroxylation is 2. The third-order valence-corrected chi connectivity index (χ3v) is 5.12. The molecule has 0 fully saturated rings. The molecule has 0 aliphatic rings. The number of methoxy groups -OCH3 is 1. The monoisotopic (exact) mass is 433 g/mol. The van der Waals surface area contributed by atoms with E-state index in [0.29, 0.717) is 51.7 Å². The summed E-state index contributed by atoms with van der Waals surface area (Å²) in [5.74, 6) is 0.109. The van der Waals surface area contributed by atoms with Crippen LogP contribution >= 0.6 is 0 Å². The highest BCUT2D eigenvalue weighted by Crippen LogP contribution is 2.30. The molecule has 164 valence electrons. The predicted molar refractivity (Wildman–Crippen MR) is 120 cm³/mol. The summed E-state index contributed by atoms with van der Waals surface area (Å²) in [5.41, 5.74) is 4.89. The number of carbonyl (C=O) groups excluding carboxylic acids is 2. The number of rotatable bonds is 6. The van der Waals surface area contributed by atoms with E-state index in [9.17, 15) is 9.59 Å². The number of benzene rings is 2. The van der Waals surface area contributed by atoms with Gasteiger partial charge in [-0.25, -0.2) is 9.78 Å². The Labute approximate surface area is 184 Å². The van der Waals surface area contributed by atoms with E-state index in [4.69, 9.17) is 9.47 Å². The van der Waals surface area contributed by atoms with Gasteiger partial charge in [-0.05, 0) is 38.0 Å². The summed E-state index contributed by atoms with van der Waals surface area (Å²) in [6.07, 6.45) is 1.53. The molecule has 0 aliphatic carbocycles. The lowest BCUT2D eigenvalue weighted by Gasteiger charge is -2.10. The molecule has 2 aromatic heterocycles. The lowest BCUT2D eigenvalue weighted by atomic mass is 10.0. The number of hydrogen-bond acceptors (Lipinski definition) is 6. The summed E-state index contributed by atoms with van der Waals surface area (Å²) in [4.78, 5) is 32.8. The first-order valence-corrected chi connectivity index (χ1v) is 10.1. The normalized spacial score (nSPS) is 10.9. The molecule has 1 amide bonds. The van der Waals surface area contributed by atoms with Gasteiger partial charge in [0.05, 0.1) is 36.6 Å². The van der Waals surface area contributed by atoms with Gasteiger partial charge in [0, 0.05) is 11.6 Å². The number of carbonyl (C=O) groups is 2. The molecule has 0 atom stereocenters. The average molecular weight is 433 g/mol. The maximum Gasteiger partial charge on any atom is 0.341 e. The summed E-state index contributed by atoms with van der Waals surface area (Å²) in [7, 11) is 1.32. The molecule has 4 aromatic rings. The molecule has 0 aliphatic heterocycles. The summed E-state index contributed by atoms with van der Waals surface area (Å²) >= 11 is 0. The van der Waals surface area contributed by atoms with Crippen LogP contribution in [0.1, 0.15) is 38.8 Å². The molecule has 0 saturated heterocycles. The Morgan fingerprint density at radius 2 is 1.91 bits per heavy atom. The van der Waals surface area contributed by atoms with E-state index in [0.717, 1.165) is 11.1 Å². The highest BCUT2D eigenvalue weighted by molar-refractivity contribution is 6.07. The van der Waals surface area contributed by atoms with Crippen molar-refractivity contribution < 1.29 is 19.1 Å². The number of aromatic nitrogens is 4. The quantitative estimate of drug-likeness (QED) is 0.395. The molecule has 32 heavy (non-hydrogen) atoms. The topological polar surface area (TPSA) is 122 Å². The smallest absolute Gasteiger partial charge is 0.341 e. The van der Waals surface area contributed by atoms with Crippen LogP contribution in [0.2, 0.25) is 0 Å². The largest absolute Gasteiger partial charge is 0.493 e. The van der Waals surface area contributed by atoms with E-state index in [1.54, 1.807) is 12.1 Å². The first kappa shape index (κ1) is 21.1. The molecule has 0 spiro atoms. The van der Waals surface area contributed by atoms with E-state index in [-0.39, 0.29) is 5.91 Å². The van der Waals surface area contributed by atoms with Crippen LogP contribution in [0.5, 0.6) is 5.75 Å². The number of esters is 1. The van der Waals surface area contributed by atoms with E-state index in [1.807, 2.05) is 39.0 Å². The fraction of sp³-hybridized carbons (Fsp3) is 0.217. The van der Waals surface area contributed by atoms with Gasteiger partial charge in [0.2, 0.25) is 0 Å². The highest BCUT2D eigenvalue weighted by atomic mass is 16.5. The number of H-pyrrole nitrogens is 2. The number of anilines is 1. The molecule has 4 rings (SSSR count). The van der Waals surface area contributed by atoms with Crippen molar-refractivity contribution in [2.24, 2.45) is 0 Å². The maximum atomic E-state index is 12.9. The number of ether oxygens (including phenoxy) is 2. The Bertz CT molecular complexity index is 1300. The van der Waals surface area contributed by atoms with Gasteiger partial charge in [-0.1, -0.05) is 18.2 Å². The number of imidazole rings is 1. The van der Waals surface area contributed by atoms with Crippen molar-refractivity contribution in [3.05, 3.63) is 58.8 Å². The third-order valence-electron chi connectivity index (χ3n) is 5.12. The lowest BCUT2D eigenvalue weighted by Crippen LogP contribution is -2.15. The lowest BCUT2D eigenvalue weighted by molar-refractivity contribution is 0.0596. The van der Waals surface area contributed by atoms with Crippen molar-refractivity contribution in [2.45, 2.75) is 20.8 Å². The van der Waals surface area contributed by atoms with Crippen molar-refractivity contribution in [1.29, 1.82) is 0 Å². The zero-order valence-corrected chi connectivity index (χ0v) is 18.2. The van der Waals surface area contributed by atoms with Gasteiger partial charge >= 0.3 is 5.97 Å². The molecule has 9 nitrogen and oxygen atoms in total. The SMILES string of the molecule is CCOc1cc2nc(-c3[nH]ncc3NC(=O)c3c(C)cccc3C)[nH]c2cc1C(=O)OC. The number of amides is 1. The number of fused-ring (bicyclic) bond motifs is 1. The maximum absolute atomic E-state index is 12.9. The van der Waals surface area contributed by atoms with E-state index in [2.05, 4.69) is 25.5 Å². The number of nitrogens with one attached hydrogen (secondary N) is 3. The van der Waals surface area contributed by atoms with Crippen LogP contribution in [0.15, 0.2) is 36.5 Å². The number of aromatic amines is 2. The van der Waals surface area contributed by atoms with Gasteiger partial charge in [-0.3, -0.25) is 9.89 Å². The molecule has 0 bridgehead atoms. The minimum Gasteiger partial charge on any atom is -0.493 e. The van der Waals surface area contributed by atoms with Crippen LogP contribution in [-0.2, 0) is 4.74 Å². The predicted octanol–water partition coefficient (Wildman–Crippen LogP) is 4.01. The van der Waals surface area contributed by atoms with Gasteiger partial charge in [0.25, 0.3) is 5.91 Å². The average Bonchev–Trinajstić information content (AvgIpc) is 3.38. The molecular weight excluding hydrogens is 410 g/mol. The summed E-state index contributed by atoms with van der Waals surface area (Å²) in [6.45, 7) is 6.01. The van der Waals surface area contributed by atoms with Crippen LogP contribution in [0.3, 0.4) is 0 Å². The molecule has 0 radical (unpaired) electrons. The van der Waals surface area contributed by atoms with Crippen LogP contribution in [-0.4, -0.2) is 45.8 Å². The van der Waals surface area contributed by atoms with Crippen LogP contribution < -0.4 is 10.1 Å². The van der Waals surface area contributed by atoms with Gasteiger partial charge in [-0.15, -0.1) is 0 Å². The van der Waals surface area contributed by atoms with E-state index >= 15 is 0 Å². The van der Waals surface area contributed by atoms with Crippen molar-refractivity contribution >= 4 is 28.6 Å². The molecule has 0 saturated carbocycles. The van der Waals surface area contributed by atoms with Crippen molar-refractivity contribution in [1.82, 2.24) is 20.2 Å². The van der Waals surface area contributed by atoms with Gasteiger partial charge in [-0.2, -0.15) is 5.10 Å². The first-order chi connectivity index (χ1) is 15.4. The first-order valence-electron chi connectivity index (χ1n) is 10.1. The van der Waals surface area contributed by atoms with E-state index < -0.39 is 5.97 Å². The van der Waals surface area contributed by atoms with Gasteiger partial charge in [0.15, 0.2) is 5.82 Å². The van der Waals surface area contributed by atoms with Crippen LogP contribution in [0, 0.1) is 13.8 Å². The molecule has 2 aromatic carbocycles. The fourth-order valence-corrected chi connectivity index (χ4v) is 3.62. The second kappa shape index (κ2) is 8.54. The van der Waals surface area contributed by atoms with E-state index in [1.165, 1.54) is 13.3 Å². The van der Waals surface area contributed by atoms with Crippen molar-refractivity contribution in [3.8, 4) is 17.3 Å². The standard InChI is InChI=1S/C23H23N5O4/c1-5-32-18-10-16-15(9-14(18)23(30)31-4)25-21(26-16)20-17(11-24-28-20)27-22(29)19-12(2)7-6-8-13(19)3/h6-11H,5H2,1-4H3,(H,24,28)(H,25,26)(H,27,29). The zero-order valence-electron chi connectivity index (χ0n) is 18.2. The highest BCUT2D eigenvalue weighted by Gasteiger charge is 2.20. The Balaban J connectivity index is 1.71. The fourth-order valence-electron chi connectivity index (χ4n) is 3.62. The summed E-state index contributed by atoms with van der Waals surface area (Å²) < 4.78 is 10.4. The second-order valence-corrected chi connectivity index (χ2v) is 7.26. The molecule has 2 heterocycles. The van der Waals surface area contributed by atoms with Gasteiger partial charge in [0.1, 0.15) is 17.0 Å². The Morgan fingerprint density at radius 1 is 1.16 bits per heavy atom. The number of nitrogens with zero attached hydrogens (tertiary/aromatic N) is 2. The molecule has 3 N–H and O–H groups in total. The molecule has 0 unspecified atom stereocenters. The number of hydrogen-bond donors (Lipinski definition) is 3. The van der Waals surface area contributed by atoms with Crippen molar-refractivity contribution in [3.63, 3.8) is 0 Å². The second-order valence-electron chi connectivity index (χ2n) is 7.26. The van der Waals surface area contributed by atoms with Crippen LogP contribution in [0.25, 0.3) is 22.6 Å². The molecule has 9 heteroatoms. The Kier molecular flexibility index (Phi) is 5.63.